The van der Waals surface area contributed by atoms with E-state index in [9.17, 15) is 8.42 Å². The fourth-order valence-electron chi connectivity index (χ4n) is 2.59. The zero-order valence-electron chi connectivity index (χ0n) is 15.6. The van der Waals surface area contributed by atoms with Crippen molar-refractivity contribution in [3.05, 3.63) is 54.1 Å². The highest BCUT2D eigenvalue weighted by Gasteiger charge is 2.52. The summed E-state index contributed by atoms with van der Waals surface area (Å²) < 4.78 is 42.7. The summed E-state index contributed by atoms with van der Waals surface area (Å²) in [5, 5.41) is 0. The Hall–Kier alpha value is -1.83. The van der Waals surface area contributed by atoms with Crippen molar-refractivity contribution in [3.63, 3.8) is 0 Å². The second-order valence-electron chi connectivity index (χ2n) is 7.48. The predicted molar refractivity (Wildman–Crippen MR) is 101 cm³/mol. The molecule has 2 aromatic carbocycles. The van der Waals surface area contributed by atoms with E-state index >= 15 is 0 Å². The Morgan fingerprint density at radius 1 is 0.885 bits per heavy atom. The minimum absolute atomic E-state index is 0.104. The molecule has 0 unspecified atom stereocenters. The molecule has 1 aliphatic rings. The topological polar surface area (TPSA) is 61.8 Å². The van der Waals surface area contributed by atoms with Crippen LogP contribution >= 0.6 is 0 Å². The molecule has 0 saturated carbocycles. The minimum Gasteiger partial charge on any atom is -0.399 e. The number of aryl methyl sites for hydroxylation is 1. The van der Waals surface area contributed by atoms with Crippen molar-refractivity contribution in [2.24, 2.45) is 0 Å². The lowest BCUT2D eigenvalue weighted by Crippen LogP contribution is -2.41. The van der Waals surface area contributed by atoms with Gasteiger partial charge in [-0.15, -0.1) is 0 Å². The molecule has 26 heavy (non-hydrogen) atoms. The van der Waals surface area contributed by atoms with E-state index in [1.807, 2.05) is 34.6 Å². The lowest BCUT2D eigenvalue weighted by Gasteiger charge is -2.32. The maximum Gasteiger partial charge on any atom is 0.498 e. The molecule has 0 spiro atoms. The van der Waals surface area contributed by atoms with Crippen LogP contribution in [0.5, 0.6) is 5.75 Å². The van der Waals surface area contributed by atoms with E-state index in [-0.39, 0.29) is 10.6 Å². The predicted octanol–water partition coefficient (Wildman–Crippen LogP) is 3.06. The smallest absolute Gasteiger partial charge is 0.399 e. The second-order valence-corrected chi connectivity index (χ2v) is 9.02. The van der Waals surface area contributed by atoms with E-state index in [1.54, 1.807) is 36.4 Å². The average Bonchev–Trinajstić information content (AvgIpc) is 2.76. The SMILES string of the molecule is Cc1ccc(S(=O)(=O)Oc2ccccc2B2OC(C)(C)C(C)(C)O2)cc1. The molecular weight excluding hydrogens is 351 g/mol. The first-order valence-electron chi connectivity index (χ1n) is 8.48. The zero-order chi connectivity index (χ0) is 19.2. The zero-order valence-corrected chi connectivity index (χ0v) is 16.5. The van der Waals surface area contributed by atoms with Gasteiger partial charge in [0, 0.05) is 5.46 Å². The van der Waals surface area contributed by atoms with Gasteiger partial charge in [-0.25, -0.2) is 0 Å². The van der Waals surface area contributed by atoms with E-state index in [1.165, 1.54) is 12.1 Å². The molecule has 0 aliphatic carbocycles. The molecule has 1 saturated heterocycles. The summed E-state index contributed by atoms with van der Waals surface area (Å²) in [5.41, 5.74) is 0.463. The highest BCUT2D eigenvalue weighted by atomic mass is 32.2. The number of hydrogen-bond acceptors (Lipinski definition) is 5. The van der Waals surface area contributed by atoms with Crippen molar-refractivity contribution >= 4 is 22.7 Å². The standard InChI is InChI=1S/C19H23BO5S/c1-14-10-12-15(13-11-14)26(21,22)23-17-9-7-6-8-16(17)20-24-18(2,3)19(4,5)25-20/h6-13H,1-5H3. The van der Waals surface area contributed by atoms with E-state index in [0.29, 0.717) is 5.46 Å². The Balaban J connectivity index is 1.92. The molecule has 0 aromatic heterocycles. The van der Waals surface area contributed by atoms with Gasteiger partial charge in [0.15, 0.2) is 0 Å². The number of benzene rings is 2. The van der Waals surface area contributed by atoms with Crippen LogP contribution in [0.3, 0.4) is 0 Å². The van der Waals surface area contributed by atoms with E-state index in [0.717, 1.165) is 5.56 Å². The maximum absolute atomic E-state index is 12.6. The van der Waals surface area contributed by atoms with Crippen LogP contribution < -0.4 is 9.65 Å². The highest BCUT2D eigenvalue weighted by Crippen LogP contribution is 2.37. The van der Waals surface area contributed by atoms with Gasteiger partial charge in [0.25, 0.3) is 0 Å². The Kier molecular flexibility index (Phi) is 4.67. The second kappa shape index (κ2) is 6.41. The molecule has 5 nitrogen and oxygen atoms in total. The normalized spacial score (nSPS) is 18.7. The van der Waals surface area contributed by atoms with Gasteiger partial charge < -0.3 is 13.5 Å². The fourth-order valence-corrected chi connectivity index (χ4v) is 3.55. The van der Waals surface area contributed by atoms with Gasteiger partial charge in [0.1, 0.15) is 10.6 Å². The van der Waals surface area contributed by atoms with Crippen LogP contribution in [0.15, 0.2) is 53.4 Å². The van der Waals surface area contributed by atoms with Gasteiger partial charge in [-0.3, -0.25) is 0 Å². The number of rotatable bonds is 4. The first-order valence-corrected chi connectivity index (χ1v) is 9.88. The molecular formula is C19H23BO5S. The van der Waals surface area contributed by atoms with Crippen LogP contribution in [-0.2, 0) is 19.4 Å². The molecule has 0 atom stereocenters. The van der Waals surface area contributed by atoms with Gasteiger partial charge in [-0.1, -0.05) is 35.9 Å². The molecule has 1 fully saturated rings. The van der Waals surface area contributed by atoms with Gasteiger partial charge in [-0.05, 0) is 52.8 Å². The van der Waals surface area contributed by atoms with Crippen LogP contribution in [0.4, 0.5) is 0 Å². The van der Waals surface area contributed by atoms with Crippen molar-refractivity contribution in [2.45, 2.75) is 50.7 Å². The molecule has 3 rings (SSSR count). The molecule has 2 aromatic rings. The van der Waals surface area contributed by atoms with Crippen molar-refractivity contribution < 1.29 is 21.9 Å². The Bertz CT molecular complexity index is 888. The first kappa shape index (κ1) is 19.0. The molecule has 0 bridgehead atoms. The summed E-state index contributed by atoms with van der Waals surface area (Å²) in [7, 11) is -4.66. The van der Waals surface area contributed by atoms with Crippen LogP contribution in [0.25, 0.3) is 0 Å². The molecule has 1 aliphatic heterocycles. The molecule has 0 N–H and O–H groups in total. The molecule has 0 amide bonds. The third-order valence-corrected chi connectivity index (χ3v) is 6.18. The average molecular weight is 374 g/mol. The Morgan fingerprint density at radius 2 is 1.42 bits per heavy atom. The summed E-state index contributed by atoms with van der Waals surface area (Å²) in [6.45, 7) is 9.67. The minimum atomic E-state index is -3.95. The molecule has 138 valence electrons. The van der Waals surface area contributed by atoms with Gasteiger partial charge in [0.2, 0.25) is 0 Å². The monoisotopic (exact) mass is 374 g/mol. The summed E-state index contributed by atoms with van der Waals surface area (Å²) in [5.74, 6) is 0.201. The molecule has 0 radical (unpaired) electrons. The van der Waals surface area contributed by atoms with Crippen LogP contribution in [0.2, 0.25) is 0 Å². The molecule has 7 heteroatoms. The lowest BCUT2D eigenvalue weighted by molar-refractivity contribution is 0.00578. The van der Waals surface area contributed by atoms with Crippen molar-refractivity contribution in [1.82, 2.24) is 0 Å². The largest absolute Gasteiger partial charge is 0.498 e. The van der Waals surface area contributed by atoms with E-state index in [2.05, 4.69) is 0 Å². The van der Waals surface area contributed by atoms with Crippen LogP contribution in [-0.4, -0.2) is 26.7 Å². The summed E-state index contributed by atoms with van der Waals surface area (Å²) in [4.78, 5) is 0.104. The van der Waals surface area contributed by atoms with E-state index < -0.39 is 28.4 Å². The highest BCUT2D eigenvalue weighted by molar-refractivity contribution is 7.87. The van der Waals surface area contributed by atoms with Gasteiger partial charge in [-0.2, -0.15) is 8.42 Å². The third-order valence-electron chi connectivity index (χ3n) is 4.94. The summed E-state index contributed by atoms with van der Waals surface area (Å²) >= 11 is 0. The number of para-hydroxylation sites is 1. The van der Waals surface area contributed by atoms with Gasteiger partial charge in [0.05, 0.1) is 11.2 Å². The van der Waals surface area contributed by atoms with Gasteiger partial charge >= 0.3 is 17.2 Å². The quantitative estimate of drug-likeness (QED) is 0.608. The fraction of sp³-hybridized carbons (Fsp3) is 0.368. The summed E-state index contributed by atoms with van der Waals surface area (Å²) in [6.07, 6.45) is 0. The van der Waals surface area contributed by atoms with Crippen molar-refractivity contribution in [1.29, 1.82) is 0 Å². The van der Waals surface area contributed by atoms with Crippen LogP contribution in [0, 0.1) is 6.92 Å². The van der Waals surface area contributed by atoms with Crippen LogP contribution in [0.1, 0.15) is 33.3 Å². The first-order chi connectivity index (χ1) is 12.0. The Labute approximate surface area is 155 Å². The summed E-state index contributed by atoms with van der Waals surface area (Å²) in [6, 6.07) is 13.4. The van der Waals surface area contributed by atoms with Crippen molar-refractivity contribution in [3.8, 4) is 5.75 Å². The van der Waals surface area contributed by atoms with Crippen molar-refractivity contribution in [2.75, 3.05) is 0 Å². The lowest BCUT2D eigenvalue weighted by atomic mass is 9.78. The van der Waals surface area contributed by atoms with E-state index in [4.69, 9.17) is 13.5 Å². The maximum atomic E-state index is 12.6. The molecule has 1 heterocycles. The Morgan fingerprint density at radius 3 is 2.00 bits per heavy atom. The third kappa shape index (κ3) is 3.52. The number of hydrogen-bond donors (Lipinski definition) is 0.